The van der Waals surface area contributed by atoms with Crippen LogP contribution in [0, 0.1) is 0 Å². The van der Waals surface area contributed by atoms with Gasteiger partial charge in [0.1, 0.15) is 0 Å². The number of aromatic nitrogens is 1. The predicted molar refractivity (Wildman–Crippen MR) is 79.2 cm³/mol. The van der Waals surface area contributed by atoms with Gasteiger partial charge in [-0.3, -0.25) is 9.78 Å². The maximum absolute atomic E-state index is 12.0. The molecule has 0 spiro atoms. The largest absolute Gasteiger partial charge is 0.341 e. The summed E-state index contributed by atoms with van der Waals surface area (Å²) < 4.78 is 0. The van der Waals surface area contributed by atoms with Crippen LogP contribution < -0.4 is 5.73 Å². The van der Waals surface area contributed by atoms with Crippen LogP contribution in [0.25, 0.3) is 10.9 Å². The number of piperidine rings is 1. The molecule has 1 fully saturated rings. The first-order chi connectivity index (χ1) is 9.75. The van der Waals surface area contributed by atoms with Crippen molar-refractivity contribution in [2.24, 2.45) is 5.73 Å². The van der Waals surface area contributed by atoms with E-state index < -0.39 is 0 Å². The number of rotatable bonds is 3. The highest BCUT2D eigenvalue weighted by Crippen LogP contribution is 2.18. The van der Waals surface area contributed by atoms with Crippen molar-refractivity contribution in [3.05, 3.63) is 42.1 Å². The summed E-state index contributed by atoms with van der Waals surface area (Å²) in [6, 6.07) is 9.89. The van der Waals surface area contributed by atoms with Gasteiger partial charge in [0.05, 0.1) is 11.6 Å². The van der Waals surface area contributed by atoms with E-state index in [4.69, 9.17) is 5.73 Å². The van der Waals surface area contributed by atoms with E-state index in [1.54, 1.807) is 0 Å². The molecule has 0 aliphatic carbocycles. The summed E-state index contributed by atoms with van der Waals surface area (Å²) in [5.41, 5.74) is 8.05. The Morgan fingerprint density at radius 1 is 1.30 bits per heavy atom. The highest BCUT2D eigenvalue weighted by atomic mass is 16.2. The number of nitrogens with zero attached hydrogens (tertiary/aromatic N) is 2. The van der Waals surface area contributed by atoms with Crippen molar-refractivity contribution in [2.75, 3.05) is 13.1 Å². The lowest BCUT2D eigenvalue weighted by atomic mass is 10.0. The minimum atomic E-state index is -0.311. The van der Waals surface area contributed by atoms with E-state index in [9.17, 15) is 4.79 Å². The second-order valence-corrected chi connectivity index (χ2v) is 5.32. The van der Waals surface area contributed by atoms with Crippen molar-refractivity contribution in [3.8, 4) is 0 Å². The lowest BCUT2D eigenvalue weighted by Crippen LogP contribution is -2.48. The van der Waals surface area contributed by atoms with Crippen molar-refractivity contribution in [1.29, 1.82) is 0 Å². The number of carbonyl (C=O) groups is 1. The summed E-state index contributed by atoms with van der Waals surface area (Å²) in [5, 5.41) is 1.15. The number of carbonyl (C=O) groups excluding carboxylic acids is 1. The SMILES string of the molecule is NC1CCCN(CCc2cccc3cccnc23)C1=O. The van der Waals surface area contributed by atoms with Gasteiger partial charge in [0.15, 0.2) is 0 Å². The van der Waals surface area contributed by atoms with Crippen molar-refractivity contribution in [2.45, 2.75) is 25.3 Å². The summed E-state index contributed by atoms with van der Waals surface area (Å²) in [4.78, 5) is 18.3. The Labute approximate surface area is 118 Å². The molecule has 1 saturated heterocycles. The zero-order valence-electron chi connectivity index (χ0n) is 11.5. The van der Waals surface area contributed by atoms with E-state index in [0.29, 0.717) is 0 Å². The Balaban J connectivity index is 1.75. The number of likely N-dealkylation sites (tertiary alicyclic amines) is 1. The van der Waals surface area contributed by atoms with Gasteiger partial charge in [0.25, 0.3) is 0 Å². The fourth-order valence-corrected chi connectivity index (χ4v) is 2.82. The molecular formula is C16H19N3O. The van der Waals surface area contributed by atoms with Crippen LogP contribution in [-0.2, 0) is 11.2 Å². The first-order valence-electron chi connectivity index (χ1n) is 7.13. The van der Waals surface area contributed by atoms with Crippen LogP contribution in [0.5, 0.6) is 0 Å². The number of benzene rings is 1. The molecule has 4 nitrogen and oxygen atoms in total. The maximum atomic E-state index is 12.0. The monoisotopic (exact) mass is 269 g/mol. The summed E-state index contributed by atoms with van der Waals surface area (Å²) in [7, 11) is 0. The molecule has 0 radical (unpaired) electrons. The molecule has 1 amide bonds. The van der Waals surface area contributed by atoms with Crippen molar-refractivity contribution in [1.82, 2.24) is 9.88 Å². The Morgan fingerprint density at radius 3 is 3.05 bits per heavy atom. The fraction of sp³-hybridized carbons (Fsp3) is 0.375. The fourth-order valence-electron chi connectivity index (χ4n) is 2.82. The van der Waals surface area contributed by atoms with Gasteiger partial charge in [-0.05, 0) is 30.9 Å². The van der Waals surface area contributed by atoms with Gasteiger partial charge in [-0.15, -0.1) is 0 Å². The second-order valence-electron chi connectivity index (χ2n) is 5.32. The van der Waals surface area contributed by atoms with Crippen LogP contribution in [0.2, 0.25) is 0 Å². The zero-order chi connectivity index (χ0) is 13.9. The predicted octanol–water partition coefficient (Wildman–Crippen LogP) is 1.73. The first kappa shape index (κ1) is 13.1. The van der Waals surface area contributed by atoms with Gasteiger partial charge >= 0.3 is 0 Å². The van der Waals surface area contributed by atoms with Gasteiger partial charge in [-0.25, -0.2) is 0 Å². The number of amides is 1. The van der Waals surface area contributed by atoms with Crippen molar-refractivity contribution >= 4 is 16.8 Å². The molecule has 20 heavy (non-hydrogen) atoms. The number of para-hydroxylation sites is 1. The molecular weight excluding hydrogens is 250 g/mol. The Morgan fingerprint density at radius 2 is 2.15 bits per heavy atom. The van der Waals surface area contributed by atoms with Crippen molar-refractivity contribution < 1.29 is 4.79 Å². The van der Waals surface area contributed by atoms with Crippen LogP contribution >= 0.6 is 0 Å². The Kier molecular flexibility index (Phi) is 3.65. The van der Waals surface area contributed by atoms with Crippen molar-refractivity contribution in [3.63, 3.8) is 0 Å². The minimum absolute atomic E-state index is 0.0874. The quantitative estimate of drug-likeness (QED) is 0.923. The van der Waals surface area contributed by atoms with E-state index in [-0.39, 0.29) is 11.9 Å². The number of pyridine rings is 1. The number of hydrogen-bond donors (Lipinski definition) is 1. The summed E-state index contributed by atoms with van der Waals surface area (Å²) in [6.45, 7) is 1.55. The Bertz CT molecular complexity index is 621. The number of hydrogen-bond acceptors (Lipinski definition) is 3. The molecule has 1 aromatic heterocycles. The number of fused-ring (bicyclic) bond motifs is 1. The van der Waals surface area contributed by atoms with Gasteiger partial charge in [-0.2, -0.15) is 0 Å². The lowest BCUT2D eigenvalue weighted by Gasteiger charge is -2.30. The molecule has 2 aromatic rings. The molecule has 0 saturated carbocycles. The average Bonchev–Trinajstić information content (AvgIpc) is 2.49. The molecule has 104 valence electrons. The normalized spacial score (nSPS) is 19.6. The van der Waals surface area contributed by atoms with Gasteiger partial charge in [0.2, 0.25) is 5.91 Å². The average molecular weight is 269 g/mol. The number of nitrogens with two attached hydrogens (primary N) is 1. The third kappa shape index (κ3) is 2.51. The van der Waals surface area contributed by atoms with E-state index in [2.05, 4.69) is 23.2 Å². The highest BCUT2D eigenvalue weighted by molar-refractivity contribution is 5.83. The van der Waals surface area contributed by atoms with Crippen LogP contribution in [0.15, 0.2) is 36.5 Å². The van der Waals surface area contributed by atoms with Crippen LogP contribution in [-0.4, -0.2) is 34.9 Å². The van der Waals surface area contributed by atoms with E-state index in [0.717, 1.165) is 43.3 Å². The molecule has 1 unspecified atom stereocenters. The standard InChI is InChI=1S/C16H19N3O/c17-14-7-3-10-19(16(14)20)11-8-13-5-1-4-12-6-2-9-18-15(12)13/h1-2,4-6,9,14H,3,7-8,10-11,17H2. The first-order valence-corrected chi connectivity index (χ1v) is 7.13. The summed E-state index contributed by atoms with van der Waals surface area (Å²) in [5.74, 6) is 0.0874. The topological polar surface area (TPSA) is 59.2 Å². The van der Waals surface area contributed by atoms with Crippen LogP contribution in [0.1, 0.15) is 18.4 Å². The molecule has 1 aliphatic heterocycles. The molecule has 4 heteroatoms. The van der Waals surface area contributed by atoms with E-state index in [1.165, 1.54) is 5.56 Å². The Hall–Kier alpha value is -1.94. The molecule has 0 bridgehead atoms. The molecule has 2 N–H and O–H groups in total. The zero-order valence-corrected chi connectivity index (χ0v) is 11.5. The molecule has 2 heterocycles. The van der Waals surface area contributed by atoms with E-state index in [1.807, 2.05) is 23.2 Å². The summed E-state index contributed by atoms with van der Waals surface area (Å²) >= 11 is 0. The lowest BCUT2D eigenvalue weighted by molar-refractivity contribution is -0.134. The second kappa shape index (κ2) is 5.59. The third-order valence-electron chi connectivity index (χ3n) is 3.94. The molecule has 3 rings (SSSR count). The van der Waals surface area contributed by atoms with Crippen LogP contribution in [0.3, 0.4) is 0 Å². The molecule has 1 atom stereocenters. The van der Waals surface area contributed by atoms with Gasteiger partial charge in [0, 0.05) is 24.7 Å². The van der Waals surface area contributed by atoms with Gasteiger partial charge < -0.3 is 10.6 Å². The minimum Gasteiger partial charge on any atom is -0.341 e. The molecule has 1 aliphatic rings. The molecule has 1 aromatic carbocycles. The smallest absolute Gasteiger partial charge is 0.239 e. The van der Waals surface area contributed by atoms with Gasteiger partial charge in [-0.1, -0.05) is 24.3 Å². The maximum Gasteiger partial charge on any atom is 0.239 e. The highest BCUT2D eigenvalue weighted by Gasteiger charge is 2.25. The third-order valence-corrected chi connectivity index (χ3v) is 3.94. The van der Waals surface area contributed by atoms with E-state index >= 15 is 0 Å². The summed E-state index contributed by atoms with van der Waals surface area (Å²) in [6.07, 6.45) is 4.45. The van der Waals surface area contributed by atoms with Crippen LogP contribution in [0.4, 0.5) is 0 Å².